The van der Waals surface area contributed by atoms with Crippen LogP contribution in [0.1, 0.15) is 28.8 Å². The molecular formula is C24H29N3O8. The van der Waals surface area contributed by atoms with Crippen molar-refractivity contribution in [2.45, 2.75) is 19.4 Å². The van der Waals surface area contributed by atoms with Crippen molar-refractivity contribution in [3.05, 3.63) is 51.6 Å². The van der Waals surface area contributed by atoms with E-state index in [1.165, 1.54) is 38.4 Å². The second-order valence-electron chi connectivity index (χ2n) is 7.97. The van der Waals surface area contributed by atoms with Crippen molar-refractivity contribution in [1.82, 2.24) is 4.90 Å². The van der Waals surface area contributed by atoms with Crippen LogP contribution in [-0.4, -0.2) is 69.8 Å². The van der Waals surface area contributed by atoms with Gasteiger partial charge in [0, 0.05) is 44.4 Å². The maximum absolute atomic E-state index is 12.8. The second-order valence-corrected chi connectivity index (χ2v) is 7.97. The molecule has 2 aromatic carbocycles. The molecule has 0 saturated carbocycles. The number of rotatable bonds is 10. The summed E-state index contributed by atoms with van der Waals surface area (Å²) in [6, 6.07) is 7.56. The van der Waals surface area contributed by atoms with Crippen LogP contribution in [0.25, 0.3) is 0 Å². The molecule has 3 rings (SSSR count). The quantitative estimate of drug-likeness (QED) is 0.283. The molecule has 35 heavy (non-hydrogen) atoms. The minimum atomic E-state index is -0.791. The summed E-state index contributed by atoms with van der Waals surface area (Å²) in [6.07, 6.45) is 1.93. The van der Waals surface area contributed by atoms with Crippen molar-refractivity contribution in [2.24, 2.45) is 0 Å². The zero-order valence-corrected chi connectivity index (χ0v) is 20.2. The number of benzene rings is 2. The number of nitro benzene ring substituents is 1. The summed E-state index contributed by atoms with van der Waals surface area (Å²) in [4.78, 5) is 39.6. The van der Waals surface area contributed by atoms with Gasteiger partial charge in [0.05, 0.1) is 37.5 Å². The lowest BCUT2D eigenvalue weighted by Gasteiger charge is -2.22. The van der Waals surface area contributed by atoms with Crippen molar-refractivity contribution in [2.75, 3.05) is 53.0 Å². The predicted octanol–water partition coefficient (Wildman–Crippen LogP) is 3.04. The lowest BCUT2D eigenvalue weighted by Crippen LogP contribution is -2.31. The predicted molar refractivity (Wildman–Crippen MR) is 127 cm³/mol. The molecule has 1 heterocycles. The SMILES string of the molecule is COc1ccc(CN(C)C(=O)COC(=O)c2cc([N+](=O)[O-])ccc2N2CCCC2)c(OC)c1OC. The maximum atomic E-state index is 12.8. The Hall–Kier alpha value is -4.02. The number of nitro groups is 1. The van der Waals surface area contributed by atoms with E-state index in [1.54, 1.807) is 25.2 Å². The van der Waals surface area contributed by atoms with Crippen LogP contribution >= 0.6 is 0 Å². The zero-order valence-electron chi connectivity index (χ0n) is 20.2. The van der Waals surface area contributed by atoms with Crippen LogP contribution in [0.5, 0.6) is 17.2 Å². The lowest BCUT2D eigenvalue weighted by atomic mass is 10.1. The third kappa shape index (κ3) is 5.73. The van der Waals surface area contributed by atoms with Crippen molar-refractivity contribution in [1.29, 1.82) is 0 Å². The fourth-order valence-corrected chi connectivity index (χ4v) is 3.98. The summed E-state index contributed by atoms with van der Waals surface area (Å²) in [5.41, 5.74) is 1.08. The van der Waals surface area contributed by atoms with E-state index in [0.29, 0.717) is 28.5 Å². The first-order valence-corrected chi connectivity index (χ1v) is 11.0. The topological polar surface area (TPSA) is 121 Å². The third-order valence-corrected chi connectivity index (χ3v) is 5.80. The number of carbonyl (C=O) groups is 2. The number of methoxy groups -OCH3 is 3. The largest absolute Gasteiger partial charge is 0.493 e. The highest BCUT2D eigenvalue weighted by molar-refractivity contribution is 5.97. The molecule has 11 heteroatoms. The van der Waals surface area contributed by atoms with Crippen LogP contribution in [0.4, 0.5) is 11.4 Å². The van der Waals surface area contributed by atoms with Crippen molar-refractivity contribution in [3.8, 4) is 17.2 Å². The van der Waals surface area contributed by atoms with Gasteiger partial charge in [0.2, 0.25) is 5.75 Å². The van der Waals surface area contributed by atoms with Gasteiger partial charge in [-0.15, -0.1) is 0 Å². The molecule has 2 aromatic rings. The van der Waals surface area contributed by atoms with E-state index >= 15 is 0 Å². The number of esters is 1. The molecule has 11 nitrogen and oxygen atoms in total. The Labute approximate surface area is 203 Å². The molecule has 0 aromatic heterocycles. The van der Waals surface area contributed by atoms with Gasteiger partial charge in [0.25, 0.3) is 11.6 Å². The average Bonchev–Trinajstić information content (AvgIpc) is 3.40. The second kappa shape index (κ2) is 11.4. The Kier molecular flexibility index (Phi) is 8.34. The Morgan fingerprint density at radius 2 is 1.71 bits per heavy atom. The Bertz CT molecular complexity index is 1100. The molecule has 1 aliphatic heterocycles. The molecule has 188 valence electrons. The van der Waals surface area contributed by atoms with Crippen molar-refractivity contribution in [3.63, 3.8) is 0 Å². The zero-order chi connectivity index (χ0) is 25.5. The summed E-state index contributed by atoms with van der Waals surface area (Å²) < 4.78 is 21.4. The molecule has 0 unspecified atom stereocenters. The van der Waals surface area contributed by atoms with Gasteiger partial charge in [0.15, 0.2) is 18.1 Å². The number of amides is 1. The van der Waals surface area contributed by atoms with E-state index < -0.39 is 23.4 Å². The number of carbonyl (C=O) groups excluding carboxylic acids is 2. The number of hydrogen-bond acceptors (Lipinski definition) is 9. The molecule has 1 aliphatic rings. The summed E-state index contributed by atoms with van der Waals surface area (Å²) in [5, 5.41) is 11.2. The molecule has 0 spiro atoms. The number of likely N-dealkylation sites (N-methyl/N-ethyl adjacent to an activating group) is 1. The van der Waals surface area contributed by atoms with Gasteiger partial charge in [-0.3, -0.25) is 14.9 Å². The number of ether oxygens (including phenoxy) is 4. The lowest BCUT2D eigenvalue weighted by molar-refractivity contribution is -0.384. The fourth-order valence-electron chi connectivity index (χ4n) is 3.98. The number of hydrogen-bond donors (Lipinski definition) is 0. The summed E-state index contributed by atoms with van der Waals surface area (Å²) in [5.74, 6) is 0.0707. The first-order valence-electron chi connectivity index (χ1n) is 11.0. The molecule has 0 aliphatic carbocycles. The van der Waals surface area contributed by atoms with Gasteiger partial charge >= 0.3 is 5.97 Å². The van der Waals surface area contributed by atoms with Crippen molar-refractivity contribution >= 4 is 23.3 Å². The monoisotopic (exact) mass is 487 g/mol. The van der Waals surface area contributed by atoms with E-state index in [-0.39, 0.29) is 17.8 Å². The number of nitrogens with zero attached hydrogens (tertiary/aromatic N) is 3. The fraction of sp³-hybridized carbons (Fsp3) is 0.417. The molecular weight excluding hydrogens is 458 g/mol. The Balaban J connectivity index is 1.71. The molecule has 0 atom stereocenters. The van der Waals surface area contributed by atoms with Crippen LogP contribution < -0.4 is 19.1 Å². The minimum absolute atomic E-state index is 0.0677. The molecule has 0 radical (unpaired) electrons. The van der Waals surface area contributed by atoms with Gasteiger partial charge in [-0.25, -0.2) is 4.79 Å². The van der Waals surface area contributed by atoms with Crippen LogP contribution in [0, 0.1) is 10.1 Å². The van der Waals surface area contributed by atoms with E-state index in [1.807, 2.05) is 4.90 Å². The molecule has 1 saturated heterocycles. The number of anilines is 1. The molecule has 0 N–H and O–H groups in total. The van der Waals surface area contributed by atoms with E-state index in [4.69, 9.17) is 18.9 Å². The van der Waals surface area contributed by atoms with E-state index in [2.05, 4.69) is 0 Å². The smallest absolute Gasteiger partial charge is 0.341 e. The van der Waals surface area contributed by atoms with Gasteiger partial charge in [0.1, 0.15) is 0 Å². The van der Waals surface area contributed by atoms with Gasteiger partial charge in [-0.2, -0.15) is 0 Å². The van der Waals surface area contributed by atoms with Gasteiger partial charge in [-0.1, -0.05) is 0 Å². The minimum Gasteiger partial charge on any atom is -0.493 e. The number of non-ortho nitro benzene ring substituents is 1. The first-order chi connectivity index (χ1) is 16.8. The molecule has 1 fully saturated rings. The first kappa shape index (κ1) is 25.6. The Morgan fingerprint density at radius 1 is 1.03 bits per heavy atom. The standard InChI is InChI=1S/C24H29N3O8/c1-25(14-16-7-10-20(32-2)23(34-4)22(16)33-3)21(28)15-35-24(29)18-13-17(27(30)31)8-9-19(18)26-11-5-6-12-26/h7-10,13H,5-6,11-12,14-15H2,1-4H3. The van der Waals surface area contributed by atoms with E-state index in [9.17, 15) is 19.7 Å². The van der Waals surface area contributed by atoms with Gasteiger partial charge in [-0.05, 0) is 31.0 Å². The van der Waals surface area contributed by atoms with Crippen LogP contribution in [-0.2, 0) is 16.1 Å². The normalized spacial score (nSPS) is 12.7. The third-order valence-electron chi connectivity index (χ3n) is 5.80. The summed E-state index contributed by atoms with van der Waals surface area (Å²) >= 11 is 0. The van der Waals surface area contributed by atoms with E-state index in [0.717, 1.165) is 25.9 Å². The van der Waals surface area contributed by atoms with Crippen LogP contribution in [0.15, 0.2) is 30.3 Å². The summed E-state index contributed by atoms with van der Waals surface area (Å²) in [7, 11) is 6.05. The highest BCUT2D eigenvalue weighted by Gasteiger charge is 2.25. The van der Waals surface area contributed by atoms with Gasteiger partial charge < -0.3 is 28.7 Å². The average molecular weight is 488 g/mol. The highest BCUT2D eigenvalue weighted by atomic mass is 16.6. The van der Waals surface area contributed by atoms with Crippen LogP contribution in [0.3, 0.4) is 0 Å². The maximum Gasteiger partial charge on any atom is 0.341 e. The molecule has 0 bridgehead atoms. The molecule has 1 amide bonds. The Morgan fingerprint density at radius 3 is 2.31 bits per heavy atom. The summed E-state index contributed by atoms with van der Waals surface area (Å²) in [6.45, 7) is 1.13. The highest BCUT2D eigenvalue weighted by Crippen LogP contribution is 2.40. The van der Waals surface area contributed by atoms with Crippen molar-refractivity contribution < 1.29 is 33.5 Å². The van der Waals surface area contributed by atoms with Crippen LogP contribution in [0.2, 0.25) is 0 Å².